The van der Waals surface area contributed by atoms with Crippen LogP contribution in [0.3, 0.4) is 0 Å². The predicted molar refractivity (Wildman–Crippen MR) is 115 cm³/mol. The molecular formula is C20H24N8O7. The molecule has 0 bridgehead atoms. The van der Waals surface area contributed by atoms with Crippen LogP contribution in [-0.2, 0) is 24.4 Å². The van der Waals surface area contributed by atoms with Crippen molar-refractivity contribution >= 4 is 23.6 Å². The lowest BCUT2D eigenvalue weighted by Gasteiger charge is -2.00. The Balaban J connectivity index is 1.44. The van der Waals surface area contributed by atoms with Crippen LogP contribution >= 0.6 is 0 Å². The minimum Gasteiger partial charge on any atom is -0.446 e. The summed E-state index contributed by atoms with van der Waals surface area (Å²) in [4.78, 5) is 59.3. The van der Waals surface area contributed by atoms with Gasteiger partial charge in [0.1, 0.15) is 18.8 Å². The number of rotatable bonds is 12. The van der Waals surface area contributed by atoms with Crippen LogP contribution in [0.1, 0.15) is 62.5 Å². The quantitative estimate of drug-likeness (QED) is 0.199. The average molecular weight is 488 g/mol. The van der Waals surface area contributed by atoms with Gasteiger partial charge in [-0.3, -0.25) is 19.2 Å². The minimum absolute atomic E-state index is 0.00764. The van der Waals surface area contributed by atoms with Crippen molar-refractivity contribution in [1.82, 2.24) is 36.2 Å². The number of amides is 4. The van der Waals surface area contributed by atoms with E-state index in [2.05, 4.69) is 36.2 Å². The molecule has 3 aromatic rings. The van der Waals surface area contributed by atoms with Gasteiger partial charge in [0.15, 0.2) is 17.1 Å². The first-order chi connectivity index (χ1) is 16.9. The molecular weight excluding hydrogens is 464 g/mol. The number of nitrogens with two attached hydrogens (primary N) is 1. The van der Waals surface area contributed by atoms with Crippen molar-refractivity contribution in [1.29, 1.82) is 0 Å². The van der Waals surface area contributed by atoms with Gasteiger partial charge in [0.25, 0.3) is 17.7 Å². The Kier molecular flexibility index (Phi) is 8.66. The van der Waals surface area contributed by atoms with Crippen molar-refractivity contribution in [3.8, 4) is 0 Å². The highest BCUT2D eigenvalue weighted by Crippen LogP contribution is 2.06. The number of carbonyl (C=O) groups is 4. The van der Waals surface area contributed by atoms with E-state index < -0.39 is 17.7 Å². The Morgan fingerprint density at radius 3 is 1.51 bits per heavy atom. The summed E-state index contributed by atoms with van der Waals surface area (Å²) >= 11 is 0. The first kappa shape index (κ1) is 25.1. The van der Waals surface area contributed by atoms with Gasteiger partial charge in [0.05, 0.1) is 19.6 Å². The third kappa shape index (κ3) is 7.50. The molecule has 0 saturated heterocycles. The van der Waals surface area contributed by atoms with E-state index in [4.69, 9.17) is 19.0 Å². The van der Waals surface area contributed by atoms with Crippen LogP contribution in [0.15, 0.2) is 32.0 Å². The minimum atomic E-state index is -0.572. The normalized spacial score (nSPS) is 10.6. The molecule has 0 saturated carbocycles. The highest BCUT2D eigenvalue weighted by molar-refractivity contribution is 5.93. The second kappa shape index (κ2) is 12.1. The van der Waals surface area contributed by atoms with Gasteiger partial charge in [-0.25, -0.2) is 15.0 Å². The molecule has 0 aliphatic carbocycles. The molecule has 0 aromatic carbocycles. The monoisotopic (exact) mass is 488 g/mol. The summed E-state index contributed by atoms with van der Waals surface area (Å²) in [6.45, 7) is 2.08. The zero-order chi connectivity index (χ0) is 25.2. The summed E-state index contributed by atoms with van der Waals surface area (Å²) in [7, 11) is 0. The van der Waals surface area contributed by atoms with Crippen LogP contribution in [0.2, 0.25) is 0 Å². The molecule has 6 N–H and O–H groups in total. The van der Waals surface area contributed by atoms with E-state index in [1.807, 2.05) is 0 Å². The van der Waals surface area contributed by atoms with E-state index in [-0.39, 0.29) is 60.3 Å². The molecule has 35 heavy (non-hydrogen) atoms. The molecule has 186 valence electrons. The lowest BCUT2D eigenvalue weighted by molar-refractivity contribution is -0.119. The predicted octanol–water partition coefficient (Wildman–Crippen LogP) is -0.775. The Morgan fingerprint density at radius 2 is 1.11 bits per heavy atom. The van der Waals surface area contributed by atoms with Crippen LogP contribution in [-0.4, -0.2) is 51.7 Å². The lowest BCUT2D eigenvalue weighted by Crippen LogP contribution is -2.26. The Morgan fingerprint density at radius 1 is 0.714 bits per heavy atom. The van der Waals surface area contributed by atoms with Crippen molar-refractivity contribution in [3.63, 3.8) is 0 Å². The van der Waals surface area contributed by atoms with Gasteiger partial charge in [0, 0.05) is 13.5 Å². The third-order valence-corrected chi connectivity index (χ3v) is 4.31. The molecule has 0 radical (unpaired) electrons. The lowest BCUT2D eigenvalue weighted by atomic mass is 10.4. The average Bonchev–Trinajstić information content (AvgIpc) is 3.60. The fourth-order valence-corrected chi connectivity index (χ4v) is 2.58. The van der Waals surface area contributed by atoms with Crippen LogP contribution in [0.25, 0.3) is 0 Å². The van der Waals surface area contributed by atoms with Crippen LogP contribution in [0.5, 0.6) is 0 Å². The molecule has 15 heteroatoms. The van der Waals surface area contributed by atoms with Crippen LogP contribution in [0.4, 0.5) is 0 Å². The number of hydrogen-bond donors (Lipinski definition) is 5. The molecule has 3 aromatic heterocycles. The van der Waals surface area contributed by atoms with E-state index in [1.165, 1.54) is 13.2 Å². The maximum atomic E-state index is 12.3. The highest BCUT2D eigenvalue weighted by atomic mass is 16.4. The van der Waals surface area contributed by atoms with Gasteiger partial charge in [-0.15, -0.1) is 0 Å². The largest absolute Gasteiger partial charge is 0.446 e. The third-order valence-electron chi connectivity index (χ3n) is 4.31. The van der Waals surface area contributed by atoms with Crippen molar-refractivity contribution in [3.05, 3.63) is 53.5 Å². The zero-order valence-corrected chi connectivity index (χ0v) is 18.8. The molecule has 0 aliphatic heterocycles. The Hall–Kier alpha value is -4.53. The van der Waals surface area contributed by atoms with Crippen molar-refractivity contribution < 1.29 is 32.4 Å². The topological polar surface area (TPSA) is 221 Å². The second-order valence-electron chi connectivity index (χ2n) is 7.05. The zero-order valence-electron chi connectivity index (χ0n) is 18.8. The molecule has 0 fully saturated rings. The first-order valence-electron chi connectivity index (χ1n) is 10.5. The van der Waals surface area contributed by atoms with Gasteiger partial charge in [-0.1, -0.05) is 0 Å². The number of aromatic nitrogens is 3. The number of carbonyl (C=O) groups excluding carboxylic acids is 4. The van der Waals surface area contributed by atoms with Gasteiger partial charge >= 0.3 is 0 Å². The van der Waals surface area contributed by atoms with Crippen molar-refractivity contribution in [2.75, 3.05) is 13.1 Å². The molecule has 0 unspecified atom stereocenters. The van der Waals surface area contributed by atoms with Gasteiger partial charge in [-0.2, -0.15) is 0 Å². The molecule has 0 aliphatic rings. The van der Waals surface area contributed by atoms with E-state index in [1.54, 1.807) is 0 Å². The first-order valence-corrected chi connectivity index (χ1v) is 10.5. The van der Waals surface area contributed by atoms with Gasteiger partial charge < -0.3 is 40.3 Å². The molecule has 3 rings (SSSR count). The molecule has 15 nitrogen and oxygen atoms in total. The smallest absolute Gasteiger partial charge is 0.273 e. The summed E-state index contributed by atoms with van der Waals surface area (Å²) < 4.78 is 15.5. The van der Waals surface area contributed by atoms with E-state index >= 15 is 0 Å². The molecule has 0 atom stereocenters. The standard InChI is InChI=1S/C20H24N8O7/c1-11(29)23-5-15-27-13(9-33-15)19(31)25-7-17-28-14(10-35-17)20(32)24-6-16-26-12(8-34-16)18(30)22-4-2-3-21/h8-10H,2-7,21H2,1H3,(H,22,30)(H,23,29)(H,24,32)(H,25,31). The molecule has 3 heterocycles. The van der Waals surface area contributed by atoms with Crippen LogP contribution in [0, 0.1) is 0 Å². The fraction of sp³-hybridized carbons (Fsp3) is 0.350. The second-order valence-corrected chi connectivity index (χ2v) is 7.05. The molecule has 0 spiro atoms. The number of oxazole rings is 3. The molecule has 4 amide bonds. The Bertz CT molecular complexity index is 1180. The van der Waals surface area contributed by atoms with Gasteiger partial charge in [0.2, 0.25) is 23.6 Å². The summed E-state index contributed by atoms with van der Waals surface area (Å²) in [5, 5.41) is 10.2. The van der Waals surface area contributed by atoms with Crippen molar-refractivity contribution in [2.45, 2.75) is 33.0 Å². The maximum absolute atomic E-state index is 12.3. The number of nitrogens with zero attached hydrogens (tertiary/aromatic N) is 3. The Labute approximate surface area is 198 Å². The summed E-state index contributed by atoms with van der Waals surface area (Å²) in [5.74, 6) is -1.41. The number of hydrogen-bond acceptors (Lipinski definition) is 11. The highest BCUT2D eigenvalue weighted by Gasteiger charge is 2.17. The van der Waals surface area contributed by atoms with Crippen molar-refractivity contribution in [2.24, 2.45) is 5.73 Å². The SMILES string of the molecule is CC(=O)NCc1nc(C(=O)NCc2nc(C(=O)NCc3nc(C(=O)NCCCN)co3)co2)co1. The summed E-state index contributed by atoms with van der Waals surface area (Å²) in [6.07, 6.45) is 4.11. The summed E-state index contributed by atoms with van der Waals surface area (Å²) in [5.41, 5.74) is 5.44. The van der Waals surface area contributed by atoms with Crippen LogP contribution < -0.4 is 27.0 Å². The maximum Gasteiger partial charge on any atom is 0.273 e. The van der Waals surface area contributed by atoms with Gasteiger partial charge in [-0.05, 0) is 13.0 Å². The fourth-order valence-electron chi connectivity index (χ4n) is 2.58. The summed E-state index contributed by atoms with van der Waals surface area (Å²) in [6, 6.07) is 0. The number of nitrogens with one attached hydrogen (secondary N) is 4. The van der Waals surface area contributed by atoms with E-state index in [9.17, 15) is 19.2 Å². The van der Waals surface area contributed by atoms with E-state index in [0.29, 0.717) is 19.5 Å². The van der Waals surface area contributed by atoms with E-state index in [0.717, 1.165) is 12.5 Å².